The molecule has 18 heavy (non-hydrogen) atoms. The van der Waals surface area contributed by atoms with E-state index in [1.165, 1.54) is 5.56 Å². The van der Waals surface area contributed by atoms with Crippen LogP contribution in [0.5, 0.6) is 0 Å². The molecule has 0 radical (unpaired) electrons. The van der Waals surface area contributed by atoms with E-state index in [0.717, 1.165) is 28.6 Å². The summed E-state index contributed by atoms with van der Waals surface area (Å²) in [5, 5.41) is 0. The van der Waals surface area contributed by atoms with Crippen LogP contribution in [-0.4, -0.2) is 0 Å². The van der Waals surface area contributed by atoms with E-state index >= 15 is 0 Å². The molecule has 0 saturated carbocycles. The minimum absolute atomic E-state index is 0.0670. The van der Waals surface area contributed by atoms with Crippen LogP contribution in [0.2, 0.25) is 0 Å². The van der Waals surface area contributed by atoms with Gasteiger partial charge in [0.2, 0.25) is 0 Å². The number of nitrogens with two attached hydrogens (primary N) is 1. The Hall–Kier alpha value is -1.10. The molecule has 0 aliphatic rings. The lowest BCUT2D eigenvalue weighted by molar-refractivity contribution is 0.487. The number of hydrogen-bond donors (Lipinski definition) is 2. The van der Waals surface area contributed by atoms with Crippen molar-refractivity contribution >= 4 is 15.9 Å². The molecule has 1 aromatic carbocycles. The van der Waals surface area contributed by atoms with Crippen molar-refractivity contribution in [2.45, 2.75) is 25.8 Å². The molecule has 1 aromatic heterocycles. The summed E-state index contributed by atoms with van der Waals surface area (Å²) >= 11 is 3.56. The van der Waals surface area contributed by atoms with Crippen LogP contribution in [0, 0.1) is 0 Å². The van der Waals surface area contributed by atoms with Crippen molar-refractivity contribution in [2.75, 3.05) is 0 Å². The van der Waals surface area contributed by atoms with Gasteiger partial charge in [0, 0.05) is 16.5 Å². The summed E-state index contributed by atoms with van der Waals surface area (Å²) < 4.78 is 6.56. The Bertz CT molecular complexity index is 510. The fourth-order valence-electron chi connectivity index (χ4n) is 2.09. The van der Waals surface area contributed by atoms with Crippen LogP contribution < -0.4 is 11.3 Å². The van der Waals surface area contributed by atoms with Gasteiger partial charge < -0.3 is 4.42 Å². The first-order valence-electron chi connectivity index (χ1n) is 6.02. The Labute approximate surface area is 115 Å². The van der Waals surface area contributed by atoms with Crippen LogP contribution in [-0.2, 0) is 12.8 Å². The normalized spacial score (nSPS) is 12.6. The maximum atomic E-state index is 5.68. The SMILES string of the molecule is CCc1occc1C(Cc1ccccc1Br)NN. The zero-order chi connectivity index (χ0) is 13.0. The molecule has 0 aliphatic heterocycles. The van der Waals surface area contributed by atoms with Crippen molar-refractivity contribution in [3.8, 4) is 0 Å². The first-order chi connectivity index (χ1) is 8.76. The van der Waals surface area contributed by atoms with Crippen LogP contribution in [0.15, 0.2) is 45.5 Å². The molecule has 2 aromatic rings. The first kappa shape index (κ1) is 13.3. The highest BCUT2D eigenvalue weighted by Crippen LogP contribution is 2.26. The van der Waals surface area contributed by atoms with Crippen molar-refractivity contribution in [2.24, 2.45) is 5.84 Å². The molecule has 3 nitrogen and oxygen atoms in total. The van der Waals surface area contributed by atoms with Crippen molar-refractivity contribution in [1.82, 2.24) is 5.43 Å². The predicted octanol–water partition coefficient (Wildman–Crippen LogP) is 3.35. The van der Waals surface area contributed by atoms with Crippen molar-refractivity contribution in [3.05, 3.63) is 58.0 Å². The van der Waals surface area contributed by atoms with E-state index in [-0.39, 0.29) is 6.04 Å². The Kier molecular flexibility index (Phi) is 4.58. The van der Waals surface area contributed by atoms with Gasteiger partial charge in [-0.1, -0.05) is 41.1 Å². The van der Waals surface area contributed by atoms with Gasteiger partial charge in [-0.05, 0) is 24.1 Å². The minimum Gasteiger partial charge on any atom is -0.469 e. The molecule has 0 bridgehead atoms. The lowest BCUT2D eigenvalue weighted by Gasteiger charge is -2.16. The molecular formula is C14H17BrN2O. The highest BCUT2D eigenvalue weighted by molar-refractivity contribution is 9.10. The van der Waals surface area contributed by atoms with Crippen LogP contribution in [0.25, 0.3) is 0 Å². The Morgan fingerprint density at radius 1 is 1.33 bits per heavy atom. The standard InChI is InChI=1S/C14H17BrN2O/c1-2-14-11(7-8-18-14)13(17-16)9-10-5-3-4-6-12(10)15/h3-8,13,17H,2,9,16H2,1H3. The molecule has 4 heteroatoms. The van der Waals surface area contributed by atoms with E-state index in [2.05, 4.69) is 34.3 Å². The Balaban J connectivity index is 2.23. The van der Waals surface area contributed by atoms with E-state index in [1.54, 1.807) is 6.26 Å². The summed E-state index contributed by atoms with van der Waals surface area (Å²) in [6, 6.07) is 10.2. The van der Waals surface area contributed by atoms with E-state index in [1.807, 2.05) is 24.3 Å². The molecule has 96 valence electrons. The number of aryl methyl sites for hydroxylation is 1. The second-order valence-electron chi connectivity index (χ2n) is 4.17. The fraction of sp³-hybridized carbons (Fsp3) is 0.286. The Morgan fingerprint density at radius 3 is 2.78 bits per heavy atom. The number of nitrogens with one attached hydrogen (secondary N) is 1. The summed E-state index contributed by atoms with van der Waals surface area (Å²) in [5.41, 5.74) is 5.23. The maximum absolute atomic E-state index is 5.68. The molecule has 1 atom stereocenters. The number of rotatable bonds is 5. The molecule has 3 N–H and O–H groups in total. The lowest BCUT2D eigenvalue weighted by Crippen LogP contribution is -2.30. The largest absolute Gasteiger partial charge is 0.469 e. The molecule has 0 amide bonds. The number of hydrogen-bond acceptors (Lipinski definition) is 3. The van der Waals surface area contributed by atoms with Gasteiger partial charge in [-0.2, -0.15) is 0 Å². The van der Waals surface area contributed by atoms with Crippen molar-refractivity contribution < 1.29 is 4.42 Å². The minimum atomic E-state index is 0.0670. The second kappa shape index (κ2) is 6.18. The van der Waals surface area contributed by atoms with Gasteiger partial charge in [-0.15, -0.1) is 0 Å². The molecule has 0 spiro atoms. The van der Waals surface area contributed by atoms with Crippen LogP contribution in [0.3, 0.4) is 0 Å². The number of hydrazine groups is 1. The van der Waals surface area contributed by atoms with Gasteiger partial charge >= 0.3 is 0 Å². The van der Waals surface area contributed by atoms with E-state index in [9.17, 15) is 0 Å². The van der Waals surface area contributed by atoms with Gasteiger partial charge in [-0.25, -0.2) is 0 Å². The zero-order valence-corrected chi connectivity index (χ0v) is 11.9. The van der Waals surface area contributed by atoms with E-state index < -0.39 is 0 Å². The summed E-state index contributed by atoms with van der Waals surface area (Å²) in [5.74, 6) is 6.67. The molecule has 0 saturated heterocycles. The molecule has 0 aliphatic carbocycles. The van der Waals surface area contributed by atoms with Gasteiger partial charge in [0.05, 0.1) is 12.3 Å². The van der Waals surface area contributed by atoms with Crippen molar-refractivity contribution in [1.29, 1.82) is 0 Å². The number of benzene rings is 1. The molecule has 0 fully saturated rings. The smallest absolute Gasteiger partial charge is 0.108 e. The third-order valence-corrected chi connectivity index (χ3v) is 3.83. The fourth-order valence-corrected chi connectivity index (χ4v) is 2.54. The summed E-state index contributed by atoms with van der Waals surface area (Å²) in [4.78, 5) is 0. The van der Waals surface area contributed by atoms with Crippen LogP contribution in [0.4, 0.5) is 0 Å². The number of halogens is 1. The van der Waals surface area contributed by atoms with E-state index in [0.29, 0.717) is 0 Å². The van der Waals surface area contributed by atoms with Crippen LogP contribution >= 0.6 is 15.9 Å². The third-order valence-electron chi connectivity index (χ3n) is 3.06. The average molecular weight is 309 g/mol. The number of furan rings is 1. The first-order valence-corrected chi connectivity index (χ1v) is 6.81. The zero-order valence-electron chi connectivity index (χ0n) is 10.3. The maximum Gasteiger partial charge on any atom is 0.108 e. The van der Waals surface area contributed by atoms with Gasteiger partial charge in [0.15, 0.2) is 0 Å². The summed E-state index contributed by atoms with van der Waals surface area (Å²) in [6.07, 6.45) is 3.42. The molecule has 2 rings (SSSR count). The van der Waals surface area contributed by atoms with E-state index in [4.69, 9.17) is 10.3 Å². The summed E-state index contributed by atoms with van der Waals surface area (Å²) in [7, 11) is 0. The molecular weight excluding hydrogens is 292 g/mol. The monoisotopic (exact) mass is 308 g/mol. The van der Waals surface area contributed by atoms with Gasteiger partial charge in [-0.3, -0.25) is 11.3 Å². The quantitative estimate of drug-likeness (QED) is 0.658. The highest BCUT2D eigenvalue weighted by atomic mass is 79.9. The third kappa shape index (κ3) is 2.83. The molecule has 1 unspecified atom stereocenters. The lowest BCUT2D eigenvalue weighted by atomic mass is 9.99. The van der Waals surface area contributed by atoms with Gasteiger partial charge in [0.25, 0.3) is 0 Å². The van der Waals surface area contributed by atoms with Crippen LogP contribution in [0.1, 0.15) is 29.9 Å². The highest BCUT2D eigenvalue weighted by Gasteiger charge is 2.17. The van der Waals surface area contributed by atoms with Gasteiger partial charge in [0.1, 0.15) is 5.76 Å². The Morgan fingerprint density at radius 2 is 2.11 bits per heavy atom. The molecule has 1 heterocycles. The topological polar surface area (TPSA) is 51.2 Å². The summed E-state index contributed by atoms with van der Waals surface area (Å²) in [6.45, 7) is 2.08. The average Bonchev–Trinajstić information content (AvgIpc) is 2.86. The van der Waals surface area contributed by atoms with Crippen molar-refractivity contribution in [3.63, 3.8) is 0 Å². The predicted molar refractivity (Wildman–Crippen MR) is 76.0 cm³/mol. The second-order valence-corrected chi connectivity index (χ2v) is 5.02.